The van der Waals surface area contributed by atoms with Crippen molar-refractivity contribution in [3.8, 4) is 0 Å². The van der Waals surface area contributed by atoms with Gasteiger partial charge in [0.05, 0.1) is 5.56 Å². The minimum Gasteiger partial charge on any atom is -0.348 e. The molecule has 0 aliphatic rings. The first-order valence-corrected chi connectivity index (χ1v) is 6.12. The molecule has 0 unspecified atom stereocenters. The first kappa shape index (κ1) is 14.1. The highest BCUT2D eigenvalue weighted by molar-refractivity contribution is 5.94. The van der Waals surface area contributed by atoms with Crippen molar-refractivity contribution in [1.29, 1.82) is 0 Å². The Hall–Kier alpha value is -2.27. The fourth-order valence-electron chi connectivity index (χ4n) is 1.75. The predicted octanol–water partition coefficient (Wildman–Crippen LogP) is 2.35. The van der Waals surface area contributed by atoms with Crippen LogP contribution in [0.15, 0.2) is 42.5 Å². The van der Waals surface area contributed by atoms with Crippen molar-refractivity contribution in [2.45, 2.75) is 13.1 Å². The van der Waals surface area contributed by atoms with E-state index in [1.807, 2.05) is 24.3 Å². The van der Waals surface area contributed by atoms with Gasteiger partial charge in [-0.15, -0.1) is 0 Å². The molecule has 2 aromatic rings. The van der Waals surface area contributed by atoms with Crippen molar-refractivity contribution in [3.05, 3.63) is 70.8 Å². The molecule has 0 bridgehead atoms. The zero-order chi connectivity index (χ0) is 14.5. The average molecular weight is 276 g/mol. The molecule has 0 aliphatic heterocycles. The standard InChI is InChI=1S/C15H14F2N2O/c16-13-3-1-2-12(14(13)17)15(20)19-9-11-6-4-10(8-18)5-7-11/h1-7H,8-9,18H2,(H,19,20). The first-order valence-electron chi connectivity index (χ1n) is 6.12. The number of amides is 1. The van der Waals surface area contributed by atoms with Crippen molar-refractivity contribution in [2.75, 3.05) is 0 Å². The Morgan fingerprint density at radius 2 is 1.70 bits per heavy atom. The summed E-state index contributed by atoms with van der Waals surface area (Å²) in [6.45, 7) is 0.681. The van der Waals surface area contributed by atoms with E-state index in [4.69, 9.17) is 5.73 Å². The minimum atomic E-state index is -1.14. The molecule has 2 rings (SSSR count). The van der Waals surface area contributed by atoms with Gasteiger partial charge >= 0.3 is 0 Å². The molecule has 20 heavy (non-hydrogen) atoms. The summed E-state index contributed by atoms with van der Waals surface area (Å²) in [5.41, 5.74) is 7.02. The van der Waals surface area contributed by atoms with Gasteiger partial charge < -0.3 is 11.1 Å². The second-order valence-electron chi connectivity index (χ2n) is 4.30. The zero-order valence-electron chi connectivity index (χ0n) is 10.7. The smallest absolute Gasteiger partial charge is 0.254 e. The highest BCUT2D eigenvalue weighted by Gasteiger charge is 2.14. The maximum Gasteiger partial charge on any atom is 0.254 e. The monoisotopic (exact) mass is 276 g/mol. The molecule has 0 spiro atoms. The van der Waals surface area contributed by atoms with Gasteiger partial charge in [0.15, 0.2) is 11.6 Å². The zero-order valence-corrected chi connectivity index (χ0v) is 10.7. The lowest BCUT2D eigenvalue weighted by Gasteiger charge is -2.07. The Labute approximate surface area is 115 Å². The number of benzene rings is 2. The average Bonchev–Trinajstić information content (AvgIpc) is 2.48. The summed E-state index contributed by atoms with van der Waals surface area (Å²) >= 11 is 0. The summed E-state index contributed by atoms with van der Waals surface area (Å²) in [6.07, 6.45) is 0. The molecule has 3 nitrogen and oxygen atoms in total. The number of carbonyl (C=O) groups is 1. The molecule has 0 atom stereocenters. The summed E-state index contributed by atoms with van der Waals surface area (Å²) in [7, 11) is 0. The van der Waals surface area contributed by atoms with Crippen molar-refractivity contribution >= 4 is 5.91 Å². The Morgan fingerprint density at radius 3 is 2.35 bits per heavy atom. The number of hydrogen-bond donors (Lipinski definition) is 2. The maximum absolute atomic E-state index is 13.4. The highest BCUT2D eigenvalue weighted by Crippen LogP contribution is 2.11. The summed E-state index contributed by atoms with van der Waals surface area (Å²) in [4.78, 5) is 11.8. The van der Waals surface area contributed by atoms with Gasteiger partial charge in [-0.1, -0.05) is 30.3 Å². The molecule has 3 N–H and O–H groups in total. The summed E-state index contributed by atoms with van der Waals surface area (Å²) in [5.74, 6) is -2.82. The maximum atomic E-state index is 13.4. The Morgan fingerprint density at radius 1 is 1.05 bits per heavy atom. The molecule has 0 radical (unpaired) electrons. The van der Waals surface area contributed by atoms with Crippen LogP contribution in [0.5, 0.6) is 0 Å². The van der Waals surface area contributed by atoms with E-state index in [-0.39, 0.29) is 12.1 Å². The molecule has 0 saturated carbocycles. The number of halogens is 2. The van der Waals surface area contributed by atoms with Gasteiger partial charge in [0.1, 0.15) is 0 Å². The van der Waals surface area contributed by atoms with Crippen LogP contribution < -0.4 is 11.1 Å². The quantitative estimate of drug-likeness (QED) is 0.900. The third-order valence-electron chi connectivity index (χ3n) is 2.91. The van der Waals surface area contributed by atoms with Crippen LogP contribution in [0.4, 0.5) is 8.78 Å². The molecule has 0 saturated heterocycles. The third kappa shape index (κ3) is 3.19. The highest BCUT2D eigenvalue weighted by atomic mass is 19.2. The van der Waals surface area contributed by atoms with Gasteiger partial charge in [0, 0.05) is 13.1 Å². The summed E-state index contributed by atoms with van der Waals surface area (Å²) in [6, 6.07) is 10.9. The van der Waals surface area contributed by atoms with E-state index < -0.39 is 17.5 Å². The van der Waals surface area contributed by atoms with Gasteiger partial charge in [-0.2, -0.15) is 0 Å². The Bertz CT molecular complexity index is 612. The van der Waals surface area contributed by atoms with E-state index in [1.54, 1.807) is 0 Å². The van der Waals surface area contributed by atoms with Crippen LogP contribution in [0.1, 0.15) is 21.5 Å². The van der Waals surface area contributed by atoms with E-state index in [0.717, 1.165) is 17.2 Å². The van der Waals surface area contributed by atoms with Crippen LogP contribution in [0, 0.1) is 11.6 Å². The van der Waals surface area contributed by atoms with E-state index in [2.05, 4.69) is 5.32 Å². The molecule has 0 aromatic heterocycles. The van der Waals surface area contributed by atoms with Crippen molar-refractivity contribution in [2.24, 2.45) is 5.73 Å². The second-order valence-corrected chi connectivity index (χ2v) is 4.30. The fraction of sp³-hybridized carbons (Fsp3) is 0.133. The third-order valence-corrected chi connectivity index (χ3v) is 2.91. The molecule has 1 amide bonds. The Kier molecular flexibility index (Phi) is 4.42. The van der Waals surface area contributed by atoms with Crippen LogP contribution in [0.2, 0.25) is 0 Å². The van der Waals surface area contributed by atoms with Crippen LogP contribution >= 0.6 is 0 Å². The number of nitrogens with one attached hydrogen (secondary N) is 1. The van der Waals surface area contributed by atoms with Gasteiger partial charge in [-0.25, -0.2) is 8.78 Å². The lowest BCUT2D eigenvalue weighted by molar-refractivity contribution is 0.0946. The van der Waals surface area contributed by atoms with E-state index >= 15 is 0 Å². The number of carbonyl (C=O) groups excluding carboxylic acids is 1. The lowest BCUT2D eigenvalue weighted by Crippen LogP contribution is -2.24. The van der Waals surface area contributed by atoms with E-state index in [1.165, 1.54) is 12.1 Å². The lowest BCUT2D eigenvalue weighted by atomic mass is 10.1. The van der Waals surface area contributed by atoms with E-state index in [9.17, 15) is 13.6 Å². The summed E-state index contributed by atoms with van der Waals surface area (Å²) in [5, 5.41) is 2.54. The molecule has 5 heteroatoms. The SMILES string of the molecule is NCc1ccc(CNC(=O)c2cccc(F)c2F)cc1. The number of rotatable bonds is 4. The first-order chi connectivity index (χ1) is 9.61. The van der Waals surface area contributed by atoms with Crippen molar-refractivity contribution < 1.29 is 13.6 Å². The van der Waals surface area contributed by atoms with Gasteiger partial charge in [0.2, 0.25) is 0 Å². The molecular weight excluding hydrogens is 262 g/mol. The topological polar surface area (TPSA) is 55.1 Å². The normalized spacial score (nSPS) is 10.3. The molecular formula is C15H14F2N2O. The predicted molar refractivity (Wildman–Crippen MR) is 71.9 cm³/mol. The largest absolute Gasteiger partial charge is 0.348 e. The van der Waals surface area contributed by atoms with Crippen LogP contribution in [-0.4, -0.2) is 5.91 Å². The fourth-order valence-corrected chi connectivity index (χ4v) is 1.75. The molecule has 2 aromatic carbocycles. The second kappa shape index (κ2) is 6.25. The van der Waals surface area contributed by atoms with Gasteiger partial charge in [-0.05, 0) is 23.3 Å². The van der Waals surface area contributed by atoms with Crippen molar-refractivity contribution in [1.82, 2.24) is 5.32 Å². The van der Waals surface area contributed by atoms with Crippen LogP contribution in [0.25, 0.3) is 0 Å². The number of hydrogen-bond acceptors (Lipinski definition) is 2. The van der Waals surface area contributed by atoms with Gasteiger partial charge in [-0.3, -0.25) is 4.79 Å². The van der Waals surface area contributed by atoms with Crippen LogP contribution in [0.3, 0.4) is 0 Å². The molecule has 0 fully saturated rings. The molecule has 0 aliphatic carbocycles. The van der Waals surface area contributed by atoms with Gasteiger partial charge in [0.25, 0.3) is 5.91 Å². The van der Waals surface area contributed by atoms with Crippen LogP contribution in [-0.2, 0) is 13.1 Å². The van der Waals surface area contributed by atoms with E-state index in [0.29, 0.717) is 6.54 Å². The molecule has 0 heterocycles. The number of nitrogens with two attached hydrogens (primary N) is 1. The molecule has 104 valence electrons. The van der Waals surface area contributed by atoms with Crippen molar-refractivity contribution in [3.63, 3.8) is 0 Å². The minimum absolute atomic E-state index is 0.236. The summed E-state index contributed by atoms with van der Waals surface area (Å²) < 4.78 is 26.4. The Balaban J connectivity index is 2.02.